The molecular weight excluding hydrogens is 364 g/mol. The Hall–Kier alpha value is -2.86. The molecule has 3 aromatic rings. The number of furan rings is 1. The summed E-state index contributed by atoms with van der Waals surface area (Å²) in [5.74, 6) is 1.33. The van der Waals surface area contributed by atoms with Crippen LogP contribution in [0, 0.1) is 5.92 Å². The topological polar surface area (TPSA) is 74.2 Å². The molecule has 0 bridgehead atoms. The van der Waals surface area contributed by atoms with Crippen molar-refractivity contribution in [2.45, 2.75) is 39.2 Å². The number of benzene rings is 1. The number of amides is 1. The summed E-state index contributed by atoms with van der Waals surface area (Å²) in [6.45, 7) is 6.87. The fraction of sp³-hybridized carbons (Fsp3) is 0.391. The molecule has 29 heavy (non-hydrogen) atoms. The van der Waals surface area contributed by atoms with E-state index in [2.05, 4.69) is 40.3 Å². The van der Waals surface area contributed by atoms with Crippen molar-refractivity contribution in [3.8, 4) is 11.3 Å². The Kier molecular flexibility index (Phi) is 5.81. The van der Waals surface area contributed by atoms with Crippen molar-refractivity contribution in [3.05, 3.63) is 60.1 Å². The second-order valence-corrected chi connectivity index (χ2v) is 8.09. The minimum absolute atomic E-state index is 0.000917. The molecule has 1 saturated heterocycles. The summed E-state index contributed by atoms with van der Waals surface area (Å²) in [5, 5.41) is 10.6. The van der Waals surface area contributed by atoms with Gasteiger partial charge in [-0.3, -0.25) is 14.8 Å². The van der Waals surface area contributed by atoms with Crippen LogP contribution in [0.2, 0.25) is 0 Å². The zero-order chi connectivity index (χ0) is 20.2. The van der Waals surface area contributed by atoms with Gasteiger partial charge >= 0.3 is 0 Å². The van der Waals surface area contributed by atoms with E-state index < -0.39 is 0 Å². The van der Waals surface area contributed by atoms with Crippen LogP contribution in [0.1, 0.15) is 44.0 Å². The number of carbonyl (C=O) groups excluding carboxylic acids is 1. The molecule has 1 amide bonds. The van der Waals surface area contributed by atoms with E-state index in [9.17, 15) is 4.79 Å². The van der Waals surface area contributed by atoms with Gasteiger partial charge in [0.1, 0.15) is 5.76 Å². The Labute approximate surface area is 171 Å². The first-order chi connectivity index (χ1) is 14.1. The lowest BCUT2D eigenvalue weighted by Gasteiger charge is -2.31. The van der Waals surface area contributed by atoms with Gasteiger partial charge in [0.2, 0.25) is 5.91 Å². The quantitative estimate of drug-likeness (QED) is 0.641. The van der Waals surface area contributed by atoms with Crippen molar-refractivity contribution in [1.29, 1.82) is 0 Å². The van der Waals surface area contributed by atoms with Gasteiger partial charge in [0.25, 0.3) is 0 Å². The molecule has 0 saturated carbocycles. The molecule has 1 fully saturated rings. The number of nitrogens with zero attached hydrogens (tertiary/aromatic N) is 2. The molecule has 1 atom stereocenters. The SMILES string of the molecule is CC(C)c1cc(CN2CCCC(C(=O)Nc3ccc(-c4ccco4)cc3)C2)[nH]n1. The highest BCUT2D eigenvalue weighted by atomic mass is 16.3. The van der Waals surface area contributed by atoms with E-state index >= 15 is 0 Å². The zero-order valence-electron chi connectivity index (χ0n) is 17.0. The molecule has 2 N–H and O–H groups in total. The maximum Gasteiger partial charge on any atom is 0.228 e. The Morgan fingerprint density at radius 2 is 2.14 bits per heavy atom. The predicted octanol–water partition coefficient (Wildman–Crippen LogP) is 4.64. The second kappa shape index (κ2) is 8.66. The van der Waals surface area contributed by atoms with Crippen LogP contribution < -0.4 is 5.32 Å². The number of hydrogen-bond donors (Lipinski definition) is 2. The molecule has 2 aromatic heterocycles. The minimum atomic E-state index is 0.000917. The molecule has 0 spiro atoms. The molecule has 0 aliphatic carbocycles. The van der Waals surface area contributed by atoms with Gasteiger partial charge in [0, 0.05) is 30.0 Å². The van der Waals surface area contributed by atoms with Gasteiger partial charge in [-0.15, -0.1) is 0 Å². The van der Waals surface area contributed by atoms with Crippen LogP contribution in [-0.2, 0) is 11.3 Å². The Morgan fingerprint density at radius 3 is 2.83 bits per heavy atom. The van der Waals surface area contributed by atoms with Crippen molar-refractivity contribution in [1.82, 2.24) is 15.1 Å². The fourth-order valence-electron chi connectivity index (χ4n) is 3.82. The summed E-state index contributed by atoms with van der Waals surface area (Å²) in [6, 6.07) is 13.7. The number of likely N-dealkylation sites (tertiary alicyclic amines) is 1. The first-order valence-electron chi connectivity index (χ1n) is 10.3. The van der Waals surface area contributed by atoms with E-state index in [0.717, 1.165) is 60.9 Å². The van der Waals surface area contributed by atoms with E-state index in [0.29, 0.717) is 5.92 Å². The summed E-state index contributed by atoms with van der Waals surface area (Å²) < 4.78 is 5.41. The van der Waals surface area contributed by atoms with E-state index in [1.54, 1.807) is 6.26 Å². The average molecular weight is 393 g/mol. The highest BCUT2D eigenvalue weighted by molar-refractivity contribution is 5.93. The monoisotopic (exact) mass is 392 g/mol. The lowest BCUT2D eigenvalue weighted by atomic mass is 9.96. The third-order valence-corrected chi connectivity index (χ3v) is 5.47. The number of nitrogens with one attached hydrogen (secondary N) is 2. The summed E-state index contributed by atoms with van der Waals surface area (Å²) in [7, 11) is 0. The lowest BCUT2D eigenvalue weighted by molar-refractivity contribution is -0.121. The van der Waals surface area contributed by atoms with Crippen LogP contribution in [0.3, 0.4) is 0 Å². The molecule has 1 aliphatic heterocycles. The van der Waals surface area contributed by atoms with Crippen molar-refractivity contribution >= 4 is 11.6 Å². The molecule has 4 rings (SSSR count). The molecule has 6 nitrogen and oxygen atoms in total. The van der Waals surface area contributed by atoms with E-state index in [-0.39, 0.29) is 11.8 Å². The first kappa shape index (κ1) is 19.5. The molecule has 1 aromatic carbocycles. The number of H-pyrrole nitrogens is 1. The molecule has 0 radical (unpaired) electrons. The lowest BCUT2D eigenvalue weighted by Crippen LogP contribution is -2.40. The predicted molar refractivity (Wildman–Crippen MR) is 113 cm³/mol. The average Bonchev–Trinajstić information content (AvgIpc) is 3.41. The second-order valence-electron chi connectivity index (χ2n) is 8.09. The summed E-state index contributed by atoms with van der Waals surface area (Å²) in [4.78, 5) is 15.1. The minimum Gasteiger partial charge on any atom is -0.464 e. The van der Waals surface area contributed by atoms with Crippen LogP contribution in [0.4, 0.5) is 5.69 Å². The van der Waals surface area contributed by atoms with E-state index in [1.165, 1.54) is 0 Å². The summed E-state index contributed by atoms with van der Waals surface area (Å²) in [5.41, 5.74) is 4.02. The van der Waals surface area contributed by atoms with E-state index in [1.807, 2.05) is 36.4 Å². The molecule has 3 heterocycles. The van der Waals surface area contributed by atoms with Gasteiger partial charge in [0.15, 0.2) is 0 Å². The van der Waals surface area contributed by atoms with Crippen molar-refractivity contribution < 1.29 is 9.21 Å². The van der Waals surface area contributed by atoms with Crippen molar-refractivity contribution in [2.24, 2.45) is 5.92 Å². The number of rotatable bonds is 6. The number of piperidine rings is 1. The summed E-state index contributed by atoms with van der Waals surface area (Å²) in [6.07, 6.45) is 3.61. The van der Waals surface area contributed by atoms with E-state index in [4.69, 9.17) is 4.42 Å². The Bertz CT molecular complexity index is 928. The first-order valence-corrected chi connectivity index (χ1v) is 10.3. The van der Waals surface area contributed by atoms with Gasteiger partial charge in [-0.1, -0.05) is 13.8 Å². The smallest absolute Gasteiger partial charge is 0.228 e. The normalized spacial score (nSPS) is 17.6. The van der Waals surface area contributed by atoms with Crippen LogP contribution in [0.15, 0.2) is 53.1 Å². The molecular formula is C23H28N4O2. The number of aromatic nitrogens is 2. The number of hydrogen-bond acceptors (Lipinski definition) is 4. The highest BCUT2D eigenvalue weighted by Gasteiger charge is 2.26. The number of anilines is 1. The van der Waals surface area contributed by atoms with Crippen molar-refractivity contribution in [3.63, 3.8) is 0 Å². The highest BCUT2D eigenvalue weighted by Crippen LogP contribution is 2.24. The largest absolute Gasteiger partial charge is 0.464 e. The molecule has 6 heteroatoms. The Balaban J connectivity index is 1.33. The van der Waals surface area contributed by atoms with Gasteiger partial charge in [0.05, 0.1) is 17.9 Å². The molecule has 1 aliphatic rings. The fourth-order valence-corrected chi connectivity index (χ4v) is 3.82. The number of carbonyl (C=O) groups is 1. The van der Waals surface area contributed by atoms with Gasteiger partial charge in [-0.25, -0.2) is 0 Å². The third-order valence-electron chi connectivity index (χ3n) is 5.47. The van der Waals surface area contributed by atoms with Crippen molar-refractivity contribution in [2.75, 3.05) is 18.4 Å². The molecule has 152 valence electrons. The Morgan fingerprint density at radius 1 is 1.31 bits per heavy atom. The van der Waals surface area contributed by atoms with Crippen LogP contribution >= 0.6 is 0 Å². The third kappa shape index (κ3) is 4.77. The number of aromatic amines is 1. The summed E-state index contributed by atoms with van der Waals surface area (Å²) >= 11 is 0. The zero-order valence-corrected chi connectivity index (χ0v) is 17.0. The standard InChI is InChI=1S/C23H28N4O2/c1-16(2)21-13-20(25-26-21)15-27-11-3-5-18(14-27)23(28)24-19-9-7-17(8-10-19)22-6-4-12-29-22/h4,6-10,12-13,16,18H,3,5,11,14-15H2,1-2H3,(H,24,28)(H,25,26). The van der Waals surface area contributed by atoms with Crippen LogP contribution in [0.5, 0.6) is 0 Å². The van der Waals surface area contributed by atoms with Gasteiger partial charge < -0.3 is 9.73 Å². The maximum absolute atomic E-state index is 12.8. The maximum atomic E-state index is 12.8. The van der Waals surface area contributed by atoms with Gasteiger partial charge in [-0.2, -0.15) is 5.10 Å². The van der Waals surface area contributed by atoms with Crippen LogP contribution in [0.25, 0.3) is 11.3 Å². The molecule has 1 unspecified atom stereocenters. The van der Waals surface area contributed by atoms with Gasteiger partial charge in [-0.05, 0) is 67.8 Å². The van der Waals surface area contributed by atoms with Crippen LogP contribution in [-0.4, -0.2) is 34.1 Å².